The molecule has 0 unspecified atom stereocenters. The van der Waals surface area contributed by atoms with Crippen LogP contribution in [0.25, 0.3) is 0 Å². The summed E-state index contributed by atoms with van der Waals surface area (Å²) in [5, 5.41) is 33.2. The summed E-state index contributed by atoms with van der Waals surface area (Å²) in [5.74, 6) is 0. The number of aliphatic hydroxyl groups excluding tert-OH is 1. The fourth-order valence-corrected chi connectivity index (χ4v) is 3.01. The number of hydrogen-bond acceptors (Lipinski definition) is 5. The predicted octanol–water partition coefficient (Wildman–Crippen LogP) is 2.04. The van der Waals surface area contributed by atoms with E-state index >= 15 is 0 Å². The van der Waals surface area contributed by atoms with Gasteiger partial charge in [0, 0.05) is 13.2 Å². The van der Waals surface area contributed by atoms with Crippen LogP contribution in [0.5, 0.6) is 0 Å². The molecular formula is C20H26O5. The first-order chi connectivity index (χ1) is 12.0. The molecule has 1 atom stereocenters. The number of rotatable bonds is 9. The number of ether oxygens (including phenoxy) is 2. The van der Waals surface area contributed by atoms with E-state index in [0.717, 1.165) is 0 Å². The maximum Gasteiger partial charge on any atom is 0.192 e. The van der Waals surface area contributed by atoms with E-state index in [4.69, 9.17) is 9.47 Å². The van der Waals surface area contributed by atoms with E-state index in [2.05, 4.69) is 0 Å². The van der Waals surface area contributed by atoms with Crippen LogP contribution >= 0.6 is 0 Å². The van der Waals surface area contributed by atoms with E-state index in [9.17, 15) is 15.3 Å². The van der Waals surface area contributed by atoms with Gasteiger partial charge in [0.1, 0.15) is 0 Å². The van der Waals surface area contributed by atoms with Gasteiger partial charge in [-0.25, -0.2) is 0 Å². The lowest BCUT2D eigenvalue weighted by Crippen LogP contribution is -2.63. The van der Waals surface area contributed by atoms with Crippen LogP contribution in [-0.4, -0.2) is 47.0 Å². The molecule has 0 aliphatic rings. The molecule has 0 saturated carbocycles. The zero-order valence-corrected chi connectivity index (χ0v) is 14.6. The lowest BCUT2D eigenvalue weighted by molar-refractivity contribution is -0.295. The molecule has 0 amide bonds. The molecule has 2 aromatic carbocycles. The van der Waals surface area contributed by atoms with Gasteiger partial charge >= 0.3 is 0 Å². The van der Waals surface area contributed by atoms with Crippen molar-refractivity contribution in [3.63, 3.8) is 0 Å². The van der Waals surface area contributed by atoms with E-state index in [-0.39, 0.29) is 13.2 Å². The third-order valence-corrected chi connectivity index (χ3v) is 4.28. The molecule has 25 heavy (non-hydrogen) atoms. The molecule has 0 saturated heterocycles. The highest BCUT2D eigenvalue weighted by molar-refractivity contribution is 5.40. The maximum atomic E-state index is 11.7. The van der Waals surface area contributed by atoms with E-state index in [0.29, 0.717) is 11.1 Å². The Kier molecular flexibility index (Phi) is 6.70. The first-order valence-electron chi connectivity index (χ1n) is 8.44. The molecular weight excluding hydrogens is 320 g/mol. The fourth-order valence-electron chi connectivity index (χ4n) is 3.01. The minimum Gasteiger partial charge on any atom is -0.393 e. The Morgan fingerprint density at radius 1 is 0.800 bits per heavy atom. The van der Waals surface area contributed by atoms with Crippen molar-refractivity contribution in [3.05, 3.63) is 71.8 Å². The Bertz CT molecular complexity index is 586. The van der Waals surface area contributed by atoms with Gasteiger partial charge in [-0.3, -0.25) is 0 Å². The van der Waals surface area contributed by atoms with Gasteiger partial charge in [-0.05, 0) is 25.0 Å². The Morgan fingerprint density at radius 2 is 1.20 bits per heavy atom. The van der Waals surface area contributed by atoms with Crippen molar-refractivity contribution in [2.24, 2.45) is 0 Å². The average molecular weight is 346 g/mol. The summed E-state index contributed by atoms with van der Waals surface area (Å²) in [6.07, 6.45) is -1.21. The molecule has 3 N–H and O–H groups in total. The molecule has 5 nitrogen and oxygen atoms in total. The minimum absolute atomic E-state index is 0.257. The number of benzene rings is 2. The summed E-state index contributed by atoms with van der Waals surface area (Å²) in [4.78, 5) is 0. The van der Waals surface area contributed by atoms with Crippen molar-refractivity contribution in [1.29, 1.82) is 0 Å². The zero-order chi connectivity index (χ0) is 18.3. The topological polar surface area (TPSA) is 79.2 Å². The quantitative estimate of drug-likeness (QED) is 0.606. The molecule has 2 rings (SSSR count). The van der Waals surface area contributed by atoms with Crippen molar-refractivity contribution >= 4 is 0 Å². The van der Waals surface area contributed by atoms with Gasteiger partial charge in [0.2, 0.25) is 0 Å². The molecule has 136 valence electrons. The van der Waals surface area contributed by atoms with E-state index in [1.165, 1.54) is 0 Å². The van der Waals surface area contributed by atoms with Gasteiger partial charge in [0.15, 0.2) is 17.5 Å². The van der Waals surface area contributed by atoms with Crippen LogP contribution in [0.3, 0.4) is 0 Å². The molecule has 0 bridgehead atoms. The molecule has 0 aliphatic carbocycles. The summed E-state index contributed by atoms with van der Waals surface area (Å²) in [6, 6.07) is 17.5. The lowest BCUT2D eigenvalue weighted by Gasteiger charge is -2.46. The second kappa shape index (κ2) is 8.56. The highest BCUT2D eigenvalue weighted by atomic mass is 16.7. The third kappa shape index (κ3) is 3.61. The van der Waals surface area contributed by atoms with Crippen LogP contribution in [0.2, 0.25) is 0 Å². The van der Waals surface area contributed by atoms with Gasteiger partial charge in [-0.1, -0.05) is 60.7 Å². The summed E-state index contributed by atoms with van der Waals surface area (Å²) in [5.41, 5.74) is -3.18. The molecule has 0 heterocycles. The van der Waals surface area contributed by atoms with Crippen LogP contribution in [0, 0.1) is 0 Å². The monoisotopic (exact) mass is 346 g/mol. The van der Waals surface area contributed by atoms with Crippen LogP contribution < -0.4 is 0 Å². The van der Waals surface area contributed by atoms with Crippen LogP contribution in [0.4, 0.5) is 0 Å². The highest BCUT2D eigenvalue weighted by Crippen LogP contribution is 2.42. The van der Waals surface area contributed by atoms with Crippen LogP contribution in [0.15, 0.2) is 60.7 Å². The lowest BCUT2D eigenvalue weighted by atomic mass is 9.72. The largest absolute Gasteiger partial charge is 0.393 e. The SMILES string of the molecule is CCOC(OCC)[C@@](O)(CO)C(O)(c1ccccc1)c1ccccc1. The van der Waals surface area contributed by atoms with Gasteiger partial charge in [-0.2, -0.15) is 0 Å². The van der Waals surface area contributed by atoms with Crippen molar-refractivity contribution in [2.75, 3.05) is 19.8 Å². The molecule has 0 aromatic heterocycles. The minimum atomic E-state index is -2.11. The Morgan fingerprint density at radius 3 is 1.52 bits per heavy atom. The number of hydrogen-bond donors (Lipinski definition) is 3. The van der Waals surface area contributed by atoms with Gasteiger partial charge < -0.3 is 24.8 Å². The molecule has 0 fully saturated rings. The first kappa shape index (κ1) is 19.6. The molecule has 0 radical (unpaired) electrons. The Balaban J connectivity index is 2.68. The Labute approximate surface area is 148 Å². The average Bonchev–Trinajstić information content (AvgIpc) is 2.68. The standard InChI is InChI=1S/C20H26O5/c1-3-24-18(25-4-2)19(22,15-21)20(23,16-11-7-5-8-12-16)17-13-9-6-10-14-17/h5-14,18,21-23H,3-4,15H2,1-2H3/t19-/m0/s1. The smallest absolute Gasteiger partial charge is 0.192 e. The summed E-state index contributed by atoms with van der Waals surface area (Å²) in [6.45, 7) is 3.28. The molecule has 5 heteroatoms. The molecule has 0 spiro atoms. The predicted molar refractivity (Wildman–Crippen MR) is 95.0 cm³/mol. The zero-order valence-electron chi connectivity index (χ0n) is 14.6. The van der Waals surface area contributed by atoms with Gasteiger partial charge in [-0.15, -0.1) is 0 Å². The maximum absolute atomic E-state index is 11.7. The van der Waals surface area contributed by atoms with E-state index in [1.807, 2.05) is 12.1 Å². The third-order valence-electron chi connectivity index (χ3n) is 4.28. The fraction of sp³-hybridized carbons (Fsp3) is 0.400. The van der Waals surface area contributed by atoms with Gasteiger partial charge in [0.05, 0.1) is 6.61 Å². The molecule has 0 aliphatic heterocycles. The van der Waals surface area contributed by atoms with Crippen molar-refractivity contribution in [1.82, 2.24) is 0 Å². The number of aliphatic hydroxyl groups is 3. The van der Waals surface area contributed by atoms with Crippen molar-refractivity contribution < 1.29 is 24.8 Å². The van der Waals surface area contributed by atoms with Crippen molar-refractivity contribution in [3.8, 4) is 0 Å². The molecule has 2 aromatic rings. The van der Waals surface area contributed by atoms with E-state index in [1.54, 1.807) is 62.4 Å². The van der Waals surface area contributed by atoms with Gasteiger partial charge in [0.25, 0.3) is 0 Å². The summed E-state index contributed by atoms with van der Waals surface area (Å²) in [7, 11) is 0. The van der Waals surface area contributed by atoms with Crippen LogP contribution in [-0.2, 0) is 15.1 Å². The second-order valence-electron chi connectivity index (χ2n) is 5.77. The van der Waals surface area contributed by atoms with E-state index < -0.39 is 24.1 Å². The van der Waals surface area contributed by atoms with Crippen LogP contribution in [0.1, 0.15) is 25.0 Å². The highest BCUT2D eigenvalue weighted by Gasteiger charge is 2.57. The summed E-state index contributed by atoms with van der Waals surface area (Å²) >= 11 is 0. The first-order valence-corrected chi connectivity index (χ1v) is 8.44. The second-order valence-corrected chi connectivity index (χ2v) is 5.77. The summed E-state index contributed by atoms with van der Waals surface area (Å²) < 4.78 is 11.1. The van der Waals surface area contributed by atoms with Crippen molar-refractivity contribution in [2.45, 2.75) is 31.3 Å². The normalized spacial score (nSPS) is 14.5. The Hall–Kier alpha value is -1.76.